The lowest BCUT2D eigenvalue weighted by atomic mass is 10.1. The number of fused-ring (bicyclic) bond motifs is 1. The molecular formula is C19H19F3N3O3+. The number of nitrogens with one attached hydrogen (secondary N) is 1. The van der Waals surface area contributed by atoms with Gasteiger partial charge in [0, 0.05) is 40.7 Å². The Bertz CT molecular complexity index is 999. The zero-order chi connectivity index (χ0) is 20.3. The summed E-state index contributed by atoms with van der Waals surface area (Å²) in [6, 6.07) is 10.7. The summed E-state index contributed by atoms with van der Waals surface area (Å²) in [5, 5.41) is 13.5. The summed E-state index contributed by atoms with van der Waals surface area (Å²) < 4.78 is 41.4. The molecule has 0 bridgehead atoms. The Morgan fingerprint density at radius 2 is 2.00 bits per heavy atom. The molecule has 1 aromatic heterocycles. The number of aryl methyl sites for hydroxylation is 1. The predicted octanol–water partition coefficient (Wildman–Crippen LogP) is 3.59. The van der Waals surface area contributed by atoms with Gasteiger partial charge in [0.05, 0.1) is 11.5 Å². The highest BCUT2D eigenvalue weighted by Crippen LogP contribution is 2.29. The number of nitrogens with two attached hydrogens (primary N) is 1. The van der Waals surface area contributed by atoms with Crippen LogP contribution in [0.5, 0.6) is 5.75 Å². The molecule has 0 unspecified atom stereocenters. The minimum atomic E-state index is -4.73. The van der Waals surface area contributed by atoms with Crippen molar-refractivity contribution in [3.05, 3.63) is 69.4 Å². The third-order valence-electron chi connectivity index (χ3n) is 4.42. The first-order valence-corrected chi connectivity index (χ1v) is 8.65. The van der Waals surface area contributed by atoms with Crippen molar-refractivity contribution in [2.45, 2.75) is 26.3 Å². The monoisotopic (exact) mass is 394 g/mol. The molecule has 6 nitrogen and oxygen atoms in total. The highest BCUT2D eigenvalue weighted by molar-refractivity contribution is 5.86. The lowest BCUT2D eigenvalue weighted by molar-refractivity contribution is -0.670. The minimum absolute atomic E-state index is 0.0515. The number of hydrogen-bond donors (Lipinski definition) is 2. The van der Waals surface area contributed by atoms with Gasteiger partial charge in [-0.25, -0.2) is 0 Å². The van der Waals surface area contributed by atoms with E-state index in [0.717, 1.165) is 22.3 Å². The SMILES string of the molecule is Cc1[nH]c2ccc(OC(F)(F)F)cc2c1CC[NH2+]Cc1cccc([N+](=O)[O-])c1. The third-order valence-corrected chi connectivity index (χ3v) is 4.42. The van der Waals surface area contributed by atoms with Crippen LogP contribution in [0, 0.1) is 17.0 Å². The van der Waals surface area contributed by atoms with Gasteiger partial charge in [-0.1, -0.05) is 12.1 Å². The standard InChI is InChI=1S/C19H18F3N3O3/c1-12-16(7-8-23-11-13-3-2-4-14(9-13)25(26)27)17-10-15(28-19(20,21)22)5-6-18(17)24-12/h2-6,9-10,23-24H,7-8,11H2,1H3/p+1. The van der Waals surface area contributed by atoms with Crippen molar-refractivity contribution in [3.8, 4) is 5.75 Å². The molecule has 0 radical (unpaired) electrons. The second-order valence-electron chi connectivity index (χ2n) is 6.44. The Balaban J connectivity index is 1.67. The Kier molecular flexibility index (Phi) is 5.55. The van der Waals surface area contributed by atoms with Crippen molar-refractivity contribution in [2.24, 2.45) is 0 Å². The van der Waals surface area contributed by atoms with Gasteiger partial charge < -0.3 is 15.0 Å². The molecule has 9 heteroatoms. The van der Waals surface area contributed by atoms with Gasteiger partial charge in [0.15, 0.2) is 0 Å². The first kappa shape index (κ1) is 19.7. The van der Waals surface area contributed by atoms with Crippen molar-refractivity contribution in [3.63, 3.8) is 0 Å². The summed E-state index contributed by atoms with van der Waals surface area (Å²) in [6.45, 7) is 3.13. The number of hydrogen-bond acceptors (Lipinski definition) is 3. The Labute approximate surface area is 158 Å². The number of aromatic amines is 1. The molecule has 3 rings (SSSR count). The number of non-ortho nitro benzene ring substituents is 1. The number of benzene rings is 2. The van der Waals surface area contributed by atoms with E-state index in [9.17, 15) is 23.3 Å². The molecule has 0 saturated heterocycles. The fourth-order valence-corrected chi connectivity index (χ4v) is 3.19. The van der Waals surface area contributed by atoms with E-state index in [4.69, 9.17) is 0 Å². The smallest absolute Gasteiger partial charge is 0.406 e. The van der Waals surface area contributed by atoms with Crippen LogP contribution in [0.1, 0.15) is 16.8 Å². The van der Waals surface area contributed by atoms with Gasteiger partial charge in [-0.15, -0.1) is 13.2 Å². The van der Waals surface area contributed by atoms with E-state index in [1.54, 1.807) is 12.1 Å². The highest BCUT2D eigenvalue weighted by Gasteiger charge is 2.31. The zero-order valence-electron chi connectivity index (χ0n) is 15.0. The molecule has 3 N–H and O–H groups in total. The number of H-pyrrole nitrogens is 1. The third kappa shape index (κ3) is 4.80. The number of ether oxygens (including phenoxy) is 1. The van der Waals surface area contributed by atoms with E-state index in [2.05, 4.69) is 9.72 Å². The molecule has 0 aliphatic carbocycles. The quantitative estimate of drug-likeness (QED) is 0.365. The molecule has 0 spiro atoms. The van der Waals surface area contributed by atoms with Gasteiger partial charge in [0.1, 0.15) is 12.3 Å². The molecule has 3 aromatic rings. The molecule has 2 aromatic carbocycles. The second kappa shape index (κ2) is 7.89. The highest BCUT2D eigenvalue weighted by atomic mass is 19.4. The van der Waals surface area contributed by atoms with Crippen LogP contribution in [0.4, 0.5) is 18.9 Å². The van der Waals surface area contributed by atoms with Gasteiger partial charge in [0.2, 0.25) is 0 Å². The average molecular weight is 394 g/mol. The van der Waals surface area contributed by atoms with Crippen LogP contribution in [-0.2, 0) is 13.0 Å². The number of nitrogens with zero attached hydrogens (tertiary/aromatic N) is 1. The molecule has 0 amide bonds. The van der Waals surface area contributed by atoms with Crippen molar-refractivity contribution in [1.29, 1.82) is 0 Å². The van der Waals surface area contributed by atoms with E-state index in [-0.39, 0.29) is 11.4 Å². The Hall–Kier alpha value is -3.07. The molecule has 0 fully saturated rings. The number of halogens is 3. The Morgan fingerprint density at radius 1 is 1.21 bits per heavy atom. The summed E-state index contributed by atoms with van der Waals surface area (Å²) in [7, 11) is 0. The van der Waals surface area contributed by atoms with Crippen LogP contribution in [0.25, 0.3) is 10.9 Å². The van der Waals surface area contributed by atoms with Crippen molar-refractivity contribution < 1.29 is 28.1 Å². The molecule has 148 valence electrons. The van der Waals surface area contributed by atoms with Crippen LogP contribution < -0.4 is 10.1 Å². The average Bonchev–Trinajstić information content (AvgIpc) is 2.92. The number of rotatable bonds is 7. The summed E-state index contributed by atoms with van der Waals surface area (Å²) in [4.78, 5) is 13.6. The van der Waals surface area contributed by atoms with E-state index in [1.165, 1.54) is 24.3 Å². The largest absolute Gasteiger partial charge is 0.573 e. The van der Waals surface area contributed by atoms with Gasteiger partial charge in [0.25, 0.3) is 5.69 Å². The van der Waals surface area contributed by atoms with Crippen LogP contribution >= 0.6 is 0 Å². The number of aromatic nitrogens is 1. The lowest BCUT2D eigenvalue weighted by Crippen LogP contribution is -2.83. The van der Waals surface area contributed by atoms with Gasteiger partial charge >= 0.3 is 6.36 Å². The number of nitro benzene ring substituents is 1. The zero-order valence-corrected chi connectivity index (χ0v) is 15.0. The lowest BCUT2D eigenvalue weighted by Gasteiger charge is -2.09. The molecular weight excluding hydrogens is 375 g/mol. The summed E-state index contributed by atoms with van der Waals surface area (Å²) in [6.07, 6.45) is -4.10. The van der Waals surface area contributed by atoms with E-state index < -0.39 is 11.3 Å². The fraction of sp³-hybridized carbons (Fsp3) is 0.263. The molecule has 0 aliphatic rings. The van der Waals surface area contributed by atoms with Crippen LogP contribution in [-0.4, -0.2) is 22.8 Å². The van der Waals surface area contributed by atoms with Crippen LogP contribution in [0.2, 0.25) is 0 Å². The predicted molar refractivity (Wildman–Crippen MR) is 97.0 cm³/mol. The Morgan fingerprint density at radius 3 is 2.71 bits per heavy atom. The summed E-state index contributed by atoms with van der Waals surface area (Å²) in [5.74, 6) is -0.249. The maximum atomic E-state index is 12.5. The second-order valence-corrected chi connectivity index (χ2v) is 6.44. The number of quaternary nitrogens is 1. The van der Waals surface area contributed by atoms with Crippen molar-refractivity contribution in [2.75, 3.05) is 6.54 Å². The van der Waals surface area contributed by atoms with Gasteiger partial charge in [-0.2, -0.15) is 0 Å². The number of alkyl halides is 3. The molecule has 0 atom stereocenters. The van der Waals surface area contributed by atoms with Crippen molar-refractivity contribution >= 4 is 16.6 Å². The van der Waals surface area contributed by atoms with Crippen LogP contribution in [0.15, 0.2) is 42.5 Å². The normalized spacial score (nSPS) is 11.7. The maximum Gasteiger partial charge on any atom is 0.573 e. The maximum absolute atomic E-state index is 12.5. The van der Waals surface area contributed by atoms with E-state index in [0.29, 0.717) is 24.9 Å². The summed E-state index contributed by atoms with van der Waals surface area (Å²) in [5.41, 5.74) is 3.46. The topological polar surface area (TPSA) is 84.8 Å². The van der Waals surface area contributed by atoms with Crippen molar-refractivity contribution in [1.82, 2.24) is 4.98 Å². The molecule has 1 heterocycles. The molecule has 0 saturated carbocycles. The van der Waals surface area contributed by atoms with Gasteiger partial charge in [-0.05, 0) is 30.7 Å². The number of nitro groups is 1. The van der Waals surface area contributed by atoms with Crippen LogP contribution in [0.3, 0.4) is 0 Å². The van der Waals surface area contributed by atoms with E-state index >= 15 is 0 Å². The van der Waals surface area contributed by atoms with Gasteiger partial charge in [-0.3, -0.25) is 10.1 Å². The minimum Gasteiger partial charge on any atom is -0.406 e. The molecule has 0 aliphatic heterocycles. The van der Waals surface area contributed by atoms with E-state index in [1.807, 2.05) is 18.3 Å². The first-order chi connectivity index (χ1) is 13.2. The fourth-order valence-electron chi connectivity index (χ4n) is 3.19. The molecule has 28 heavy (non-hydrogen) atoms. The first-order valence-electron chi connectivity index (χ1n) is 8.65. The summed E-state index contributed by atoms with van der Waals surface area (Å²) >= 11 is 0.